The fraction of sp³-hybridized carbons (Fsp3) is 0.909. The normalized spacial score (nSPS) is 15.2. The number of rotatable bonds is 2. The second-order valence-electron chi connectivity index (χ2n) is 5.57. The van der Waals surface area contributed by atoms with Gasteiger partial charge >= 0.3 is 0 Å². The summed E-state index contributed by atoms with van der Waals surface area (Å²) in [6.07, 6.45) is 0. The molecule has 2 heteroatoms. The Morgan fingerprint density at radius 2 is 1.46 bits per heavy atom. The molecule has 2 nitrogen and oxygen atoms in total. The molecule has 0 saturated heterocycles. The van der Waals surface area contributed by atoms with Crippen molar-refractivity contribution >= 4 is 5.71 Å². The van der Waals surface area contributed by atoms with Gasteiger partial charge in [-0.2, -0.15) is 0 Å². The van der Waals surface area contributed by atoms with Crippen molar-refractivity contribution in [2.75, 3.05) is 0 Å². The quantitative estimate of drug-likeness (QED) is 0.398. The van der Waals surface area contributed by atoms with Crippen LogP contribution in [0.5, 0.6) is 0 Å². The third-order valence-corrected chi connectivity index (χ3v) is 2.86. The lowest BCUT2D eigenvalue weighted by atomic mass is 9.68. The van der Waals surface area contributed by atoms with E-state index in [4.69, 9.17) is 5.21 Å². The molecule has 0 rings (SSSR count). The monoisotopic (exact) mass is 185 g/mol. The van der Waals surface area contributed by atoms with Gasteiger partial charge in [0.1, 0.15) is 0 Å². The minimum atomic E-state index is -0.0669. The zero-order valence-corrected chi connectivity index (χ0v) is 9.97. The average molecular weight is 185 g/mol. The van der Waals surface area contributed by atoms with Gasteiger partial charge in [-0.15, -0.1) is 0 Å². The second-order valence-corrected chi connectivity index (χ2v) is 5.57. The number of hydrogen-bond acceptors (Lipinski definition) is 2. The molecule has 0 heterocycles. The van der Waals surface area contributed by atoms with Gasteiger partial charge in [0.25, 0.3) is 0 Å². The fourth-order valence-electron chi connectivity index (χ4n) is 1.52. The van der Waals surface area contributed by atoms with Gasteiger partial charge in [-0.25, -0.2) is 0 Å². The molecule has 1 N–H and O–H groups in total. The van der Waals surface area contributed by atoms with Crippen LogP contribution in [0, 0.1) is 16.7 Å². The SMILES string of the molecule is CC(C)C(C)(C)C(=NO)C(C)(C)C. The summed E-state index contributed by atoms with van der Waals surface area (Å²) in [5, 5.41) is 12.5. The molecule has 0 unspecified atom stereocenters. The minimum Gasteiger partial charge on any atom is -0.411 e. The lowest BCUT2D eigenvalue weighted by molar-refractivity contribution is 0.271. The Morgan fingerprint density at radius 1 is 1.08 bits per heavy atom. The van der Waals surface area contributed by atoms with Crippen LogP contribution in [0.25, 0.3) is 0 Å². The van der Waals surface area contributed by atoms with Crippen LogP contribution in [0.15, 0.2) is 5.16 Å². The zero-order valence-electron chi connectivity index (χ0n) is 9.97. The molecule has 0 aromatic heterocycles. The van der Waals surface area contributed by atoms with Crippen LogP contribution in [0.3, 0.4) is 0 Å². The van der Waals surface area contributed by atoms with Gasteiger partial charge in [-0.1, -0.05) is 53.6 Å². The van der Waals surface area contributed by atoms with E-state index in [2.05, 4.69) is 53.6 Å². The van der Waals surface area contributed by atoms with Gasteiger partial charge in [-0.05, 0) is 5.92 Å². The third kappa shape index (κ3) is 2.71. The molecule has 0 bridgehead atoms. The maximum atomic E-state index is 9.03. The molecule has 0 saturated carbocycles. The third-order valence-electron chi connectivity index (χ3n) is 2.86. The topological polar surface area (TPSA) is 32.6 Å². The summed E-state index contributed by atoms with van der Waals surface area (Å²) < 4.78 is 0. The molecule has 0 fully saturated rings. The van der Waals surface area contributed by atoms with Gasteiger partial charge in [0.05, 0.1) is 5.71 Å². The first-order valence-corrected chi connectivity index (χ1v) is 4.87. The molecule has 0 aliphatic carbocycles. The van der Waals surface area contributed by atoms with Crippen molar-refractivity contribution in [3.63, 3.8) is 0 Å². The molecule has 0 spiro atoms. The molecule has 0 radical (unpaired) electrons. The van der Waals surface area contributed by atoms with E-state index in [0.29, 0.717) is 5.92 Å². The van der Waals surface area contributed by atoms with E-state index in [1.54, 1.807) is 0 Å². The highest BCUT2D eigenvalue weighted by Crippen LogP contribution is 2.36. The van der Waals surface area contributed by atoms with Gasteiger partial charge < -0.3 is 5.21 Å². The predicted molar refractivity (Wildman–Crippen MR) is 57.3 cm³/mol. The predicted octanol–water partition coefficient (Wildman–Crippen LogP) is 3.54. The molecule has 78 valence electrons. The molecule has 0 aromatic rings. The van der Waals surface area contributed by atoms with Crippen molar-refractivity contribution in [1.29, 1.82) is 0 Å². The van der Waals surface area contributed by atoms with Gasteiger partial charge in [0, 0.05) is 10.8 Å². The molecular weight excluding hydrogens is 162 g/mol. The minimum absolute atomic E-state index is 0.0486. The highest BCUT2D eigenvalue weighted by Gasteiger charge is 2.36. The van der Waals surface area contributed by atoms with Crippen molar-refractivity contribution < 1.29 is 5.21 Å². The number of nitrogens with zero attached hydrogens (tertiary/aromatic N) is 1. The Morgan fingerprint density at radius 3 is 1.54 bits per heavy atom. The van der Waals surface area contributed by atoms with E-state index >= 15 is 0 Å². The molecule has 0 aromatic carbocycles. The van der Waals surface area contributed by atoms with Crippen LogP contribution in [-0.4, -0.2) is 10.9 Å². The fourth-order valence-corrected chi connectivity index (χ4v) is 1.52. The van der Waals surface area contributed by atoms with Crippen LogP contribution in [0.4, 0.5) is 0 Å². The van der Waals surface area contributed by atoms with Crippen molar-refractivity contribution in [3.05, 3.63) is 0 Å². The van der Waals surface area contributed by atoms with Crippen molar-refractivity contribution in [2.24, 2.45) is 21.9 Å². The molecule has 0 amide bonds. The average Bonchev–Trinajstić information content (AvgIpc) is 1.83. The Bertz CT molecular complexity index is 197. The summed E-state index contributed by atoms with van der Waals surface area (Å²) in [5.41, 5.74) is 0.755. The first-order valence-electron chi connectivity index (χ1n) is 4.87. The zero-order chi connectivity index (χ0) is 10.9. The molecule has 0 aliphatic heterocycles. The van der Waals surface area contributed by atoms with E-state index < -0.39 is 0 Å². The number of oxime groups is 1. The Labute approximate surface area is 82.0 Å². The van der Waals surface area contributed by atoms with E-state index in [1.807, 2.05) is 0 Å². The van der Waals surface area contributed by atoms with E-state index in [1.165, 1.54) is 0 Å². The summed E-state index contributed by atoms with van der Waals surface area (Å²) in [6, 6.07) is 0. The smallest absolute Gasteiger partial charge is 0.0682 e. The maximum Gasteiger partial charge on any atom is 0.0682 e. The summed E-state index contributed by atoms with van der Waals surface area (Å²) in [5.74, 6) is 0.470. The first-order chi connectivity index (χ1) is 5.64. The summed E-state index contributed by atoms with van der Waals surface area (Å²) in [6.45, 7) is 14.8. The van der Waals surface area contributed by atoms with Crippen LogP contribution >= 0.6 is 0 Å². The van der Waals surface area contributed by atoms with Crippen molar-refractivity contribution in [1.82, 2.24) is 0 Å². The summed E-state index contributed by atoms with van der Waals surface area (Å²) in [7, 11) is 0. The maximum absolute atomic E-state index is 9.03. The van der Waals surface area contributed by atoms with Crippen LogP contribution < -0.4 is 0 Å². The van der Waals surface area contributed by atoms with Crippen molar-refractivity contribution in [3.8, 4) is 0 Å². The standard InChI is InChI=1S/C11H23NO/c1-8(2)11(6,7)9(12-13)10(3,4)5/h8,13H,1-7H3. The van der Waals surface area contributed by atoms with Crippen LogP contribution in [0.1, 0.15) is 48.5 Å². The molecule has 0 atom stereocenters. The molecule has 13 heavy (non-hydrogen) atoms. The van der Waals surface area contributed by atoms with Crippen LogP contribution in [0.2, 0.25) is 0 Å². The largest absolute Gasteiger partial charge is 0.411 e. The summed E-state index contributed by atoms with van der Waals surface area (Å²) in [4.78, 5) is 0. The van der Waals surface area contributed by atoms with Crippen LogP contribution in [-0.2, 0) is 0 Å². The second kappa shape index (κ2) is 3.69. The Balaban J connectivity index is 5.03. The molecular formula is C11H23NO. The van der Waals surface area contributed by atoms with E-state index in [-0.39, 0.29) is 10.8 Å². The lowest BCUT2D eigenvalue weighted by Crippen LogP contribution is -2.38. The van der Waals surface area contributed by atoms with Gasteiger partial charge in [0.15, 0.2) is 0 Å². The van der Waals surface area contributed by atoms with E-state index in [9.17, 15) is 0 Å². The molecule has 0 aliphatic rings. The summed E-state index contributed by atoms with van der Waals surface area (Å²) >= 11 is 0. The van der Waals surface area contributed by atoms with Gasteiger partial charge in [0.2, 0.25) is 0 Å². The number of hydrogen-bond donors (Lipinski definition) is 1. The van der Waals surface area contributed by atoms with Crippen molar-refractivity contribution in [2.45, 2.75) is 48.5 Å². The Hall–Kier alpha value is -0.530. The Kier molecular flexibility index (Phi) is 3.54. The highest BCUT2D eigenvalue weighted by molar-refractivity contribution is 5.93. The van der Waals surface area contributed by atoms with E-state index in [0.717, 1.165) is 5.71 Å². The highest BCUT2D eigenvalue weighted by atomic mass is 16.4. The first kappa shape index (κ1) is 12.5. The van der Waals surface area contributed by atoms with Gasteiger partial charge in [-0.3, -0.25) is 0 Å². The lowest BCUT2D eigenvalue weighted by Gasteiger charge is -2.36.